The Labute approximate surface area is 75.6 Å². The number of aromatic hydroxyl groups is 2. The highest BCUT2D eigenvalue weighted by molar-refractivity contribution is 6.00. The maximum Gasteiger partial charge on any atom is 0.180 e. The Morgan fingerprint density at radius 2 is 2.00 bits per heavy atom. The highest BCUT2D eigenvalue weighted by Crippen LogP contribution is 2.31. The van der Waals surface area contributed by atoms with Crippen molar-refractivity contribution in [1.82, 2.24) is 0 Å². The Balaban J connectivity index is 3.26. The van der Waals surface area contributed by atoms with Gasteiger partial charge in [-0.3, -0.25) is 4.79 Å². The smallest absolute Gasteiger partial charge is 0.180 e. The molecule has 4 heteroatoms. The first-order valence-corrected chi connectivity index (χ1v) is 3.82. The number of nitrogens with two attached hydrogens (primary N) is 1. The van der Waals surface area contributed by atoms with Gasteiger partial charge < -0.3 is 15.9 Å². The van der Waals surface area contributed by atoms with Crippen LogP contribution in [0.2, 0.25) is 0 Å². The minimum absolute atomic E-state index is 0.0607. The van der Waals surface area contributed by atoms with Crippen molar-refractivity contribution in [3.63, 3.8) is 0 Å². The Bertz CT molecular complexity index is 347. The first kappa shape index (κ1) is 9.54. The summed E-state index contributed by atoms with van der Waals surface area (Å²) < 4.78 is 0. The summed E-state index contributed by atoms with van der Waals surface area (Å²) in [6.07, 6.45) is 0. The highest BCUT2D eigenvalue weighted by Gasteiger charge is 2.13. The van der Waals surface area contributed by atoms with E-state index in [1.807, 2.05) is 0 Å². The van der Waals surface area contributed by atoms with Crippen LogP contribution in [0.4, 0.5) is 0 Å². The van der Waals surface area contributed by atoms with Crippen LogP contribution in [0.25, 0.3) is 0 Å². The molecule has 70 valence electrons. The van der Waals surface area contributed by atoms with Gasteiger partial charge in [-0.05, 0) is 18.6 Å². The molecule has 1 aromatic carbocycles. The number of phenols is 2. The third kappa shape index (κ3) is 1.62. The van der Waals surface area contributed by atoms with E-state index < -0.39 is 11.5 Å². The molecule has 4 nitrogen and oxygen atoms in total. The molecule has 0 aromatic heterocycles. The molecule has 0 aliphatic carbocycles. The summed E-state index contributed by atoms with van der Waals surface area (Å²) in [5.41, 5.74) is 5.70. The molecule has 1 rings (SSSR count). The average molecular weight is 181 g/mol. The molecule has 13 heavy (non-hydrogen) atoms. The molecular weight excluding hydrogens is 170 g/mol. The van der Waals surface area contributed by atoms with Gasteiger partial charge in [-0.2, -0.15) is 0 Å². The Morgan fingerprint density at radius 1 is 1.38 bits per heavy atom. The fraction of sp³-hybridized carbons (Fsp3) is 0.222. The largest absolute Gasteiger partial charge is 0.504 e. The number of carbonyl (C=O) groups excluding carboxylic acids is 1. The normalized spacial score (nSPS) is 10.0. The molecule has 0 amide bonds. The molecule has 0 saturated carbocycles. The van der Waals surface area contributed by atoms with Gasteiger partial charge in [-0.1, -0.05) is 6.07 Å². The van der Waals surface area contributed by atoms with Crippen molar-refractivity contribution >= 4 is 5.78 Å². The summed E-state index contributed by atoms with van der Waals surface area (Å²) in [5.74, 6) is -1.05. The minimum atomic E-state index is -0.396. The third-order valence-corrected chi connectivity index (χ3v) is 1.84. The van der Waals surface area contributed by atoms with Crippen LogP contribution in [-0.4, -0.2) is 22.5 Å². The molecule has 0 bridgehead atoms. The van der Waals surface area contributed by atoms with Crippen LogP contribution in [-0.2, 0) is 0 Å². The lowest BCUT2D eigenvalue weighted by atomic mass is 10.1. The van der Waals surface area contributed by atoms with Gasteiger partial charge in [0.2, 0.25) is 0 Å². The number of ketones is 1. The van der Waals surface area contributed by atoms with Gasteiger partial charge >= 0.3 is 0 Å². The molecule has 0 spiro atoms. The summed E-state index contributed by atoms with van der Waals surface area (Å²) in [7, 11) is 0. The number of carbonyl (C=O) groups is 1. The van der Waals surface area contributed by atoms with Gasteiger partial charge in [-0.25, -0.2) is 0 Å². The molecule has 0 saturated heterocycles. The van der Waals surface area contributed by atoms with E-state index in [1.54, 1.807) is 13.0 Å². The number of benzene rings is 1. The van der Waals surface area contributed by atoms with Crippen LogP contribution in [0.15, 0.2) is 12.1 Å². The molecule has 0 heterocycles. The monoisotopic (exact) mass is 181 g/mol. The van der Waals surface area contributed by atoms with E-state index in [9.17, 15) is 15.0 Å². The number of rotatable bonds is 2. The maximum absolute atomic E-state index is 11.1. The van der Waals surface area contributed by atoms with E-state index in [4.69, 9.17) is 5.73 Å². The Morgan fingerprint density at radius 3 is 2.54 bits per heavy atom. The summed E-state index contributed by atoms with van der Waals surface area (Å²) in [6, 6.07) is 3.00. The van der Waals surface area contributed by atoms with Crippen molar-refractivity contribution in [3.8, 4) is 11.5 Å². The molecule has 4 N–H and O–H groups in total. The van der Waals surface area contributed by atoms with Gasteiger partial charge in [0.1, 0.15) is 0 Å². The van der Waals surface area contributed by atoms with Crippen molar-refractivity contribution < 1.29 is 15.0 Å². The van der Waals surface area contributed by atoms with Gasteiger partial charge in [0, 0.05) is 0 Å². The molecule has 1 aromatic rings. The second kappa shape index (κ2) is 3.45. The van der Waals surface area contributed by atoms with E-state index in [1.165, 1.54) is 6.07 Å². The Kier molecular flexibility index (Phi) is 2.53. The third-order valence-electron chi connectivity index (χ3n) is 1.84. The molecule has 0 unspecified atom stereocenters. The number of hydrogen-bond acceptors (Lipinski definition) is 4. The second-order valence-corrected chi connectivity index (χ2v) is 2.75. The topological polar surface area (TPSA) is 83.6 Å². The quantitative estimate of drug-likeness (QED) is 0.459. The highest BCUT2D eigenvalue weighted by atomic mass is 16.3. The molecule has 0 fully saturated rings. The molecule has 0 aliphatic heterocycles. The number of Topliss-reactive ketones (excluding diaryl/α,β-unsaturated/α-hetero) is 1. The molecular formula is C9H11NO3. The Hall–Kier alpha value is -1.55. The standard InChI is InChI=1S/C9H11NO3/c1-5-2-3-6(7(11)4-10)9(13)8(5)12/h2-3,12-13H,4,10H2,1H3. The summed E-state index contributed by atoms with van der Waals surface area (Å²) >= 11 is 0. The van der Waals surface area contributed by atoms with E-state index in [2.05, 4.69) is 0 Å². The maximum atomic E-state index is 11.1. The summed E-state index contributed by atoms with van der Waals surface area (Å²) in [6.45, 7) is 1.45. The van der Waals surface area contributed by atoms with Gasteiger partial charge in [0.05, 0.1) is 12.1 Å². The zero-order valence-electron chi connectivity index (χ0n) is 7.24. The van der Waals surface area contributed by atoms with Crippen LogP contribution in [0.1, 0.15) is 15.9 Å². The lowest BCUT2D eigenvalue weighted by Crippen LogP contribution is -2.13. The zero-order chi connectivity index (χ0) is 10.0. The van der Waals surface area contributed by atoms with E-state index in [-0.39, 0.29) is 17.9 Å². The van der Waals surface area contributed by atoms with Crippen LogP contribution in [0.3, 0.4) is 0 Å². The van der Waals surface area contributed by atoms with Gasteiger partial charge in [0.25, 0.3) is 0 Å². The number of aryl methyl sites for hydroxylation is 1. The van der Waals surface area contributed by atoms with Crippen molar-refractivity contribution in [2.45, 2.75) is 6.92 Å². The van der Waals surface area contributed by atoms with Crippen molar-refractivity contribution in [2.75, 3.05) is 6.54 Å². The minimum Gasteiger partial charge on any atom is -0.504 e. The van der Waals surface area contributed by atoms with Gasteiger partial charge in [0.15, 0.2) is 17.3 Å². The second-order valence-electron chi connectivity index (χ2n) is 2.75. The van der Waals surface area contributed by atoms with Crippen molar-refractivity contribution in [3.05, 3.63) is 23.3 Å². The summed E-state index contributed by atoms with van der Waals surface area (Å²) in [5, 5.41) is 18.6. The van der Waals surface area contributed by atoms with Crippen LogP contribution in [0.5, 0.6) is 11.5 Å². The lowest BCUT2D eigenvalue weighted by Gasteiger charge is -2.05. The van der Waals surface area contributed by atoms with Crippen LogP contribution < -0.4 is 5.73 Å². The first-order valence-electron chi connectivity index (χ1n) is 3.82. The zero-order valence-corrected chi connectivity index (χ0v) is 7.24. The SMILES string of the molecule is Cc1ccc(C(=O)CN)c(O)c1O. The average Bonchev–Trinajstić information content (AvgIpc) is 2.13. The molecule has 0 radical (unpaired) electrons. The fourth-order valence-electron chi connectivity index (χ4n) is 1.02. The van der Waals surface area contributed by atoms with Crippen molar-refractivity contribution in [1.29, 1.82) is 0 Å². The predicted octanol–water partition coefficient (Wildman–Crippen LogP) is 0.548. The fourth-order valence-corrected chi connectivity index (χ4v) is 1.02. The predicted molar refractivity (Wildman–Crippen MR) is 47.9 cm³/mol. The van der Waals surface area contributed by atoms with Crippen LogP contribution >= 0.6 is 0 Å². The molecule has 0 aliphatic rings. The summed E-state index contributed by atoms with van der Waals surface area (Å²) in [4.78, 5) is 11.1. The van der Waals surface area contributed by atoms with Gasteiger partial charge in [-0.15, -0.1) is 0 Å². The van der Waals surface area contributed by atoms with Crippen LogP contribution in [0, 0.1) is 6.92 Å². The first-order chi connectivity index (χ1) is 6.07. The van der Waals surface area contributed by atoms with E-state index in [0.717, 1.165) is 0 Å². The molecule has 0 atom stereocenters. The number of phenolic OH excluding ortho intramolecular Hbond substituents is 2. The van der Waals surface area contributed by atoms with Crippen molar-refractivity contribution in [2.24, 2.45) is 5.73 Å². The van der Waals surface area contributed by atoms with E-state index in [0.29, 0.717) is 5.56 Å². The number of hydrogen-bond donors (Lipinski definition) is 3. The lowest BCUT2D eigenvalue weighted by molar-refractivity contribution is 0.0998. The van der Waals surface area contributed by atoms with E-state index >= 15 is 0 Å².